The number of likely N-dealkylation sites (tertiary alicyclic amines) is 1. The van der Waals surface area contributed by atoms with Crippen LogP contribution in [0.1, 0.15) is 53.0 Å². The third kappa shape index (κ3) is 3.28. The van der Waals surface area contributed by atoms with Crippen molar-refractivity contribution in [1.29, 1.82) is 0 Å². The fourth-order valence-electron chi connectivity index (χ4n) is 3.80. The highest BCUT2D eigenvalue weighted by atomic mass is 16.5. The van der Waals surface area contributed by atoms with Crippen molar-refractivity contribution in [3.63, 3.8) is 0 Å². The van der Waals surface area contributed by atoms with Crippen LogP contribution in [0.2, 0.25) is 0 Å². The molecule has 1 atom stereocenters. The standard InChI is InChI=1S/C20H27N3O2/c1-5-11-23-15(3)19(14(2)21-23)20(24)22-12-10-16(13-22)17-8-6-7-9-18(17)25-4/h6-9,16H,5,10-13H2,1-4H3/t16-/m1/s1. The Bertz CT molecular complexity index is 766. The van der Waals surface area contributed by atoms with E-state index in [1.807, 2.05) is 41.6 Å². The van der Waals surface area contributed by atoms with Crippen molar-refractivity contribution in [2.45, 2.75) is 46.1 Å². The van der Waals surface area contributed by atoms with Crippen LogP contribution in [0.4, 0.5) is 0 Å². The Morgan fingerprint density at radius 3 is 2.80 bits per heavy atom. The maximum atomic E-state index is 13.1. The van der Waals surface area contributed by atoms with Gasteiger partial charge < -0.3 is 9.64 Å². The molecule has 5 nitrogen and oxygen atoms in total. The Kier molecular flexibility index (Phi) is 5.11. The number of aromatic nitrogens is 2. The summed E-state index contributed by atoms with van der Waals surface area (Å²) in [6, 6.07) is 8.11. The summed E-state index contributed by atoms with van der Waals surface area (Å²) in [6.45, 7) is 8.41. The molecule has 0 bridgehead atoms. The Balaban J connectivity index is 1.79. The van der Waals surface area contributed by atoms with Crippen LogP contribution in [-0.4, -0.2) is 40.8 Å². The number of amides is 1. The summed E-state index contributed by atoms with van der Waals surface area (Å²) in [7, 11) is 1.70. The molecule has 0 spiro atoms. The molecular formula is C20H27N3O2. The monoisotopic (exact) mass is 341 g/mol. The van der Waals surface area contributed by atoms with Crippen LogP contribution in [0.5, 0.6) is 5.75 Å². The topological polar surface area (TPSA) is 47.4 Å². The largest absolute Gasteiger partial charge is 0.496 e. The second kappa shape index (κ2) is 7.30. The molecule has 1 aliphatic heterocycles. The van der Waals surface area contributed by atoms with Gasteiger partial charge in [0.05, 0.1) is 18.4 Å². The lowest BCUT2D eigenvalue weighted by molar-refractivity contribution is 0.0789. The molecule has 1 fully saturated rings. The first-order valence-electron chi connectivity index (χ1n) is 9.03. The molecular weight excluding hydrogens is 314 g/mol. The Morgan fingerprint density at radius 1 is 1.32 bits per heavy atom. The van der Waals surface area contributed by atoms with Gasteiger partial charge in [-0.3, -0.25) is 9.48 Å². The third-order valence-electron chi connectivity index (χ3n) is 5.08. The molecule has 1 amide bonds. The molecule has 3 rings (SSSR count). The highest BCUT2D eigenvalue weighted by molar-refractivity contribution is 5.96. The molecule has 0 unspecified atom stereocenters. The van der Waals surface area contributed by atoms with Crippen LogP contribution in [0, 0.1) is 13.8 Å². The second-order valence-electron chi connectivity index (χ2n) is 6.75. The predicted octanol–water partition coefficient (Wildman–Crippen LogP) is 3.55. The number of nitrogens with zero attached hydrogens (tertiary/aromatic N) is 3. The quantitative estimate of drug-likeness (QED) is 0.835. The summed E-state index contributed by atoms with van der Waals surface area (Å²) < 4.78 is 7.44. The van der Waals surface area contributed by atoms with Crippen molar-refractivity contribution in [3.8, 4) is 5.75 Å². The van der Waals surface area contributed by atoms with Gasteiger partial charge in [0.25, 0.3) is 5.91 Å². The van der Waals surface area contributed by atoms with E-state index in [-0.39, 0.29) is 5.91 Å². The number of carbonyl (C=O) groups is 1. The highest BCUT2D eigenvalue weighted by Crippen LogP contribution is 2.34. The first kappa shape index (κ1) is 17.5. The van der Waals surface area contributed by atoms with E-state index in [9.17, 15) is 4.79 Å². The molecule has 0 aliphatic carbocycles. The fourth-order valence-corrected chi connectivity index (χ4v) is 3.80. The SMILES string of the molecule is CCCn1nc(C)c(C(=O)N2CC[C@@H](c3ccccc3OC)C2)c1C. The van der Waals surface area contributed by atoms with Crippen molar-refractivity contribution < 1.29 is 9.53 Å². The summed E-state index contributed by atoms with van der Waals surface area (Å²) in [6.07, 6.45) is 1.97. The zero-order valence-corrected chi connectivity index (χ0v) is 15.6. The fraction of sp³-hybridized carbons (Fsp3) is 0.500. The molecule has 1 saturated heterocycles. The van der Waals surface area contributed by atoms with Gasteiger partial charge >= 0.3 is 0 Å². The highest BCUT2D eigenvalue weighted by Gasteiger charge is 2.32. The molecule has 0 radical (unpaired) electrons. The van der Waals surface area contributed by atoms with Crippen LogP contribution in [-0.2, 0) is 6.54 Å². The van der Waals surface area contributed by atoms with Gasteiger partial charge in [0, 0.05) is 31.2 Å². The molecule has 2 heterocycles. The van der Waals surface area contributed by atoms with Crippen LogP contribution in [0.15, 0.2) is 24.3 Å². The number of hydrogen-bond acceptors (Lipinski definition) is 3. The van der Waals surface area contributed by atoms with E-state index in [4.69, 9.17) is 4.74 Å². The Labute approximate surface area is 149 Å². The average molecular weight is 341 g/mol. The van der Waals surface area contributed by atoms with Gasteiger partial charge in [0.1, 0.15) is 5.75 Å². The number of aryl methyl sites for hydroxylation is 2. The maximum absolute atomic E-state index is 13.1. The summed E-state index contributed by atoms with van der Waals surface area (Å²) in [5, 5.41) is 4.55. The molecule has 1 aromatic carbocycles. The zero-order valence-electron chi connectivity index (χ0n) is 15.6. The van der Waals surface area contributed by atoms with Gasteiger partial charge in [0.2, 0.25) is 0 Å². The van der Waals surface area contributed by atoms with Gasteiger partial charge in [-0.15, -0.1) is 0 Å². The smallest absolute Gasteiger partial charge is 0.257 e. The number of ether oxygens (including phenoxy) is 1. The number of hydrogen-bond donors (Lipinski definition) is 0. The molecule has 5 heteroatoms. The molecule has 0 saturated carbocycles. The summed E-state index contributed by atoms with van der Waals surface area (Å²) in [4.78, 5) is 15.0. The van der Waals surface area contributed by atoms with E-state index in [0.29, 0.717) is 5.92 Å². The summed E-state index contributed by atoms with van der Waals surface area (Å²) in [5.74, 6) is 1.34. The van der Waals surface area contributed by atoms with Crippen molar-refractivity contribution in [3.05, 3.63) is 46.8 Å². The van der Waals surface area contributed by atoms with Crippen molar-refractivity contribution in [2.24, 2.45) is 0 Å². The van der Waals surface area contributed by atoms with Gasteiger partial charge in [-0.25, -0.2) is 0 Å². The van der Waals surface area contributed by atoms with Crippen molar-refractivity contribution in [2.75, 3.05) is 20.2 Å². The minimum absolute atomic E-state index is 0.106. The van der Waals surface area contributed by atoms with Crippen LogP contribution in [0.25, 0.3) is 0 Å². The first-order valence-corrected chi connectivity index (χ1v) is 9.03. The number of methoxy groups -OCH3 is 1. The summed E-state index contributed by atoms with van der Waals surface area (Å²) in [5.41, 5.74) is 3.77. The maximum Gasteiger partial charge on any atom is 0.257 e. The molecule has 134 valence electrons. The number of carbonyl (C=O) groups excluding carboxylic acids is 1. The van der Waals surface area contributed by atoms with E-state index in [1.165, 1.54) is 5.56 Å². The third-order valence-corrected chi connectivity index (χ3v) is 5.08. The normalized spacial score (nSPS) is 17.1. The average Bonchev–Trinajstić information content (AvgIpc) is 3.20. The molecule has 25 heavy (non-hydrogen) atoms. The van der Waals surface area contributed by atoms with E-state index in [2.05, 4.69) is 18.1 Å². The van der Waals surface area contributed by atoms with Gasteiger partial charge in [-0.1, -0.05) is 25.1 Å². The zero-order chi connectivity index (χ0) is 18.0. The lowest BCUT2D eigenvalue weighted by atomic mass is 9.97. The van der Waals surface area contributed by atoms with Crippen LogP contribution in [0.3, 0.4) is 0 Å². The van der Waals surface area contributed by atoms with Gasteiger partial charge in [-0.2, -0.15) is 5.10 Å². The van der Waals surface area contributed by atoms with Crippen LogP contribution >= 0.6 is 0 Å². The van der Waals surface area contributed by atoms with Gasteiger partial charge in [0.15, 0.2) is 0 Å². The lowest BCUT2D eigenvalue weighted by Gasteiger charge is -2.18. The summed E-state index contributed by atoms with van der Waals surface area (Å²) >= 11 is 0. The Morgan fingerprint density at radius 2 is 2.08 bits per heavy atom. The number of benzene rings is 1. The van der Waals surface area contributed by atoms with E-state index in [0.717, 1.165) is 55.2 Å². The van der Waals surface area contributed by atoms with Crippen molar-refractivity contribution >= 4 is 5.91 Å². The molecule has 2 aromatic rings. The van der Waals surface area contributed by atoms with Crippen molar-refractivity contribution in [1.82, 2.24) is 14.7 Å². The molecule has 0 N–H and O–H groups in total. The number of para-hydroxylation sites is 1. The second-order valence-corrected chi connectivity index (χ2v) is 6.75. The minimum atomic E-state index is 0.106. The molecule has 1 aromatic heterocycles. The number of rotatable bonds is 5. The predicted molar refractivity (Wildman–Crippen MR) is 98.2 cm³/mol. The first-order chi connectivity index (χ1) is 12.1. The minimum Gasteiger partial charge on any atom is -0.496 e. The van der Waals surface area contributed by atoms with Crippen LogP contribution < -0.4 is 4.74 Å². The Hall–Kier alpha value is -2.30. The van der Waals surface area contributed by atoms with E-state index in [1.54, 1.807) is 7.11 Å². The van der Waals surface area contributed by atoms with E-state index < -0.39 is 0 Å². The molecule has 1 aliphatic rings. The van der Waals surface area contributed by atoms with Gasteiger partial charge in [-0.05, 0) is 38.3 Å². The van der Waals surface area contributed by atoms with E-state index >= 15 is 0 Å². The lowest BCUT2D eigenvalue weighted by Crippen LogP contribution is -2.29.